The largest absolute Gasteiger partial charge is 0.478 e. The molecule has 0 aromatic rings. The second kappa shape index (κ2) is 24.1. The Morgan fingerprint density at radius 1 is 0.962 bits per heavy atom. The van der Waals surface area contributed by atoms with Gasteiger partial charge in [0.15, 0.2) is 0 Å². The van der Waals surface area contributed by atoms with E-state index in [1.807, 2.05) is 0 Å². The van der Waals surface area contributed by atoms with Crippen molar-refractivity contribution < 1.29 is 39.3 Å². The summed E-state index contributed by atoms with van der Waals surface area (Å²) in [4.78, 5) is 43.3. The van der Waals surface area contributed by atoms with E-state index in [0.29, 0.717) is 6.61 Å². The van der Waals surface area contributed by atoms with Crippen molar-refractivity contribution in [3.8, 4) is 0 Å². The molecule has 0 radical (unpaired) electrons. The molecule has 0 spiro atoms. The van der Waals surface area contributed by atoms with E-state index >= 15 is 0 Å². The van der Waals surface area contributed by atoms with Crippen LogP contribution in [0, 0.1) is 0 Å². The van der Waals surface area contributed by atoms with Crippen molar-refractivity contribution in [1.29, 1.82) is 0 Å². The van der Waals surface area contributed by atoms with Gasteiger partial charge in [0.2, 0.25) is 0 Å². The molecular weight excluding hydrogens is 346 g/mol. The fourth-order valence-electron chi connectivity index (χ4n) is 0.380. The first-order valence-corrected chi connectivity index (χ1v) is 7.13. The van der Waals surface area contributed by atoms with E-state index in [1.165, 1.54) is 13.0 Å². The molecule has 0 saturated heterocycles. The first-order valence-electron chi connectivity index (χ1n) is 7.13. The van der Waals surface area contributed by atoms with Gasteiger partial charge in [-0.05, 0) is 19.4 Å². The number of carboxylic acid groups (broad SMARTS) is 3. The Morgan fingerprint density at radius 3 is 1.50 bits per heavy atom. The first-order chi connectivity index (χ1) is 12.0. The third-order valence-electron chi connectivity index (χ3n) is 1.67. The molecule has 0 aliphatic rings. The first kappa shape index (κ1) is 30.7. The predicted molar refractivity (Wildman–Crippen MR) is 97.3 cm³/mol. The van der Waals surface area contributed by atoms with Crippen LogP contribution in [-0.4, -0.2) is 45.7 Å². The molecule has 0 unspecified atom stereocenters. The van der Waals surface area contributed by atoms with Crippen LogP contribution >= 0.6 is 0 Å². The van der Waals surface area contributed by atoms with Gasteiger partial charge in [-0.1, -0.05) is 39.7 Å². The normalized spacial score (nSPS) is 7.62. The standard InChI is InChI=1S/C7H13NO2.C4H6O2.2C3H4O2/c1-3-5-6-10-8-7(9)4-2;1-3(2)4(5)6;2*1-2-3(4)5/h4H,2-3,5-6H2,1H3,(H,8,9);1H2,2H3,(H,5,6);2*2H,1H2,(H,4,5). The Morgan fingerprint density at radius 2 is 1.31 bits per heavy atom. The maximum atomic E-state index is 10.4. The Balaban J connectivity index is -0.000000131. The van der Waals surface area contributed by atoms with Gasteiger partial charge in [-0.15, -0.1) is 0 Å². The van der Waals surface area contributed by atoms with Crippen molar-refractivity contribution in [1.82, 2.24) is 5.48 Å². The molecule has 1 amide bonds. The third kappa shape index (κ3) is 49.8. The van der Waals surface area contributed by atoms with E-state index in [2.05, 4.69) is 38.7 Å². The van der Waals surface area contributed by atoms with Gasteiger partial charge in [0.05, 0.1) is 6.61 Å². The molecule has 0 aromatic heterocycles. The number of unbranched alkanes of at least 4 members (excludes halogenated alkanes) is 1. The summed E-state index contributed by atoms with van der Waals surface area (Å²) >= 11 is 0. The lowest BCUT2D eigenvalue weighted by atomic mass is 10.4. The van der Waals surface area contributed by atoms with Crippen LogP contribution in [0.15, 0.2) is 50.1 Å². The van der Waals surface area contributed by atoms with Crippen molar-refractivity contribution in [3.63, 3.8) is 0 Å². The highest BCUT2D eigenvalue weighted by Gasteiger charge is 1.91. The lowest BCUT2D eigenvalue weighted by Crippen LogP contribution is -2.21. The number of hydrogen-bond acceptors (Lipinski definition) is 5. The SMILES string of the molecule is C=C(C)C(=O)O.C=CC(=O)NOCCCC.C=CC(=O)O.C=CC(=O)O. The quantitative estimate of drug-likeness (QED) is 0.287. The molecule has 0 bridgehead atoms. The van der Waals surface area contributed by atoms with Crippen molar-refractivity contribution in [2.24, 2.45) is 0 Å². The highest BCUT2D eigenvalue weighted by Crippen LogP contribution is 1.84. The maximum absolute atomic E-state index is 10.4. The van der Waals surface area contributed by atoms with E-state index in [-0.39, 0.29) is 11.5 Å². The van der Waals surface area contributed by atoms with E-state index in [1.54, 1.807) is 0 Å². The van der Waals surface area contributed by atoms with Crippen molar-refractivity contribution in [2.75, 3.05) is 6.61 Å². The summed E-state index contributed by atoms with van der Waals surface area (Å²) in [5.74, 6) is -3.19. The third-order valence-corrected chi connectivity index (χ3v) is 1.67. The zero-order valence-corrected chi connectivity index (χ0v) is 15.1. The minimum Gasteiger partial charge on any atom is -0.478 e. The molecular formula is C17H27NO8. The predicted octanol–water partition coefficient (Wildman–Crippen LogP) is 2.18. The Labute approximate surface area is 152 Å². The lowest BCUT2D eigenvalue weighted by molar-refractivity contribution is -0.133. The highest BCUT2D eigenvalue weighted by molar-refractivity contribution is 5.85. The minimum atomic E-state index is -0.981. The van der Waals surface area contributed by atoms with Crippen molar-refractivity contribution >= 4 is 23.8 Å². The van der Waals surface area contributed by atoms with Crippen LogP contribution in [0.2, 0.25) is 0 Å². The lowest BCUT2D eigenvalue weighted by Gasteiger charge is -2.00. The molecule has 148 valence electrons. The Hall–Kier alpha value is -3.20. The average molecular weight is 373 g/mol. The Kier molecular flexibility index (Phi) is 28.4. The van der Waals surface area contributed by atoms with E-state index in [0.717, 1.165) is 25.0 Å². The van der Waals surface area contributed by atoms with Gasteiger partial charge < -0.3 is 15.3 Å². The Bertz CT molecular complexity index is 453. The van der Waals surface area contributed by atoms with Crippen LogP contribution in [-0.2, 0) is 24.0 Å². The van der Waals surface area contributed by atoms with Crippen molar-refractivity contribution in [2.45, 2.75) is 26.7 Å². The van der Waals surface area contributed by atoms with Gasteiger partial charge in [-0.25, -0.2) is 19.9 Å². The van der Waals surface area contributed by atoms with E-state index < -0.39 is 17.9 Å². The number of carbonyl (C=O) groups is 4. The van der Waals surface area contributed by atoms with Gasteiger partial charge >= 0.3 is 17.9 Å². The zero-order valence-electron chi connectivity index (χ0n) is 15.1. The number of nitrogens with one attached hydrogen (secondary N) is 1. The topological polar surface area (TPSA) is 150 Å². The monoisotopic (exact) mass is 373 g/mol. The molecule has 4 N–H and O–H groups in total. The number of aliphatic carboxylic acids is 3. The number of amides is 1. The van der Waals surface area contributed by atoms with Crippen molar-refractivity contribution in [3.05, 3.63) is 50.1 Å². The molecule has 0 rings (SSSR count). The second-order valence-electron chi connectivity index (χ2n) is 4.04. The van der Waals surface area contributed by atoms with Crippen LogP contribution in [0.25, 0.3) is 0 Å². The molecule has 0 aromatic carbocycles. The van der Waals surface area contributed by atoms with Gasteiger partial charge in [-0.3, -0.25) is 9.63 Å². The molecule has 0 atom stereocenters. The number of rotatable bonds is 8. The maximum Gasteiger partial charge on any atom is 0.330 e. The fourth-order valence-corrected chi connectivity index (χ4v) is 0.380. The molecule has 0 heterocycles. The molecule has 26 heavy (non-hydrogen) atoms. The van der Waals surface area contributed by atoms with Crippen LogP contribution in [0.1, 0.15) is 26.7 Å². The van der Waals surface area contributed by atoms with Gasteiger partial charge in [-0.2, -0.15) is 0 Å². The van der Waals surface area contributed by atoms with Gasteiger partial charge in [0, 0.05) is 17.7 Å². The molecule has 9 nitrogen and oxygen atoms in total. The summed E-state index contributed by atoms with van der Waals surface area (Å²) < 4.78 is 0. The van der Waals surface area contributed by atoms with Crippen LogP contribution in [0.3, 0.4) is 0 Å². The molecule has 0 aliphatic carbocycles. The zero-order chi connectivity index (χ0) is 21.5. The summed E-state index contributed by atoms with van der Waals surface area (Å²) in [5, 5.41) is 23.1. The number of hydroxylamine groups is 1. The second-order valence-corrected chi connectivity index (χ2v) is 4.04. The summed E-state index contributed by atoms with van der Waals surface area (Å²) in [6.45, 7) is 16.4. The molecule has 0 aliphatic heterocycles. The number of carbonyl (C=O) groups excluding carboxylic acids is 1. The summed E-state index contributed by atoms with van der Waals surface area (Å²) in [7, 11) is 0. The summed E-state index contributed by atoms with van der Waals surface area (Å²) in [6, 6.07) is 0. The summed E-state index contributed by atoms with van der Waals surface area (Å²) in [6.07, 6.45) is 4.85. The fraction of sp³-hybridized carbons (Fsp3) is 0.294. The van der Waals surface area contributed by atoms with Crippen LogP contribution in [0.4, 0.5) is 0 Å². The van der Waals surface area contributed by atoms with Gasteiger partial charge in [0.1, 0.15) is 0 Å². The number of carboxylic acids is 3. The average Bonchev–Trinajstić information content (AvgIpc) is 2.59. The van der Waals surface area contributed by atoms with Crippen LogP contribution in [0.5, 0.6) is 0 Å². The minimum absolute atomic E-state index is 0.176. The molecule has 9 heteroatoms. The summed E-state index contributed by atoms with van der Waals surface area (Å²) in [5.41, 5.74) is 2.39. The van der Waals surface area contributed by atoms with Crippen LogP contribution < -0.4 is 5.48 Å². The highest BCUT2D eigenvalue weighted by atomic mass is 16.6. The van der Waals surface area contributed by atoms with E-state index in [9.17, 15) is 19.2 Å². The smallest absolute Gasteiger partial charge is 0.330 e. The van der Waals surface area contributed by atoms with Gasteiger partial charge in [0.25, 0.3) is 5.91 Å². The molecule has 0 fully saturated rings. The van der Waals surface area contributed by atoms with E-state index in [4.69, 9.17) is 20.2 Å². The number of hydrogen-bond donors (Lipinski definition) is 4. The molecule has 0 saturated carbocycles.